The highest BCUT2D eigenvalue weighted by Gasteiger charge is 2.12. The monoisotopic (exact) mass is 385 g/mol. The molecule has 0 spiro atoms. The lowest BCUT2D eigenvalue weighted by molar-refractivity contribution is -0.115. The number of carbonyl (C=O) groups is 2. The second-order valence-corrected chi connectivity index (χ2v) is 6.69. The molecule has 2 amide bonds. The number of thiazole rings is 1. The number of benzene rings is 2. The predicted molar refractivity (Wildman–Crippen MR) is 106 cm³/mol. The molecular weight excluding hydrogens is 366 g/mol. The van der Waals surface area contributed by atoms with E-state index in [1.807, 2.05) is 6.07 Å². The largest absolute Gasteiger partial charge is 0.497 e. The molecule has 27 heavy (non-hydrogen) atoms. The number of nitrogens with one attached hydrogen (secondary N) is 2. The van der Waals surface area contributed by atoms with Crippen LogP contribution in [0.4, 0.5) is 10.8 Å². The molecule has 8 heteroatoms. The van der Waals surface area contributed by atoms with Crippen molar-refractivity contribution in [3.8, 4) is 11.5 Å². The number of ether oxygens (including phenoxy) is 2. The first-order chi connectivity index (χ1) is 13.0. The molecule has 0 fully saturated rings. The third kappa shape index (κ3) is 4.35. The number of nitrogens with zero attached hydrogens (tertiary/aromatic N) is 1. The summed E-state index contributed by atoms with van der Waals surface area (Å²) in [6.45, 7) is 1.78. The summed E-state index contributed by atoms with van der Waals surface area (Å²) in [4.78, 5) is 28.5. The fourth-order valence-corrected chi connectivity index (χ4v) is 3.33. The van der Waals surface area contributed by atoms with E-state index in [9.17, 15) is 9.59 Å². The molecule has 2 aromatic carbocycles. The van der Waals surface area contributed by atoms with E-state index in [1.165, 1.54) is 25.6 Å². The van der Waals surface area contributed by atoms with Crippen molar-refractivity contribution < 1.29 is 19.1 Å². The van der Waals surface area contributed by atoms with Gasteiger partial charge < -0.3 is 20.1 Å². The van der Waals surface area contributed by atoms with Crippen LogP contribution in [0.15, 0.2) is 36.4 Å². The van der Waals surface area contributed by atoms with E-state index in [1.54, 1.807) is 37.3 Å². The smallest absolute Gasteiger partial charge is 0.255 e. The van der Waals surface area contributed by atoms with Crippen molar-refractivity contribution in [3.63, 3.8) is 0 Å². The molecule has 0 radical (unpaired) electrons. The van der Waals surface area contributed by atoms with Crippen LogP contribution in [-0.2, 0) is 4.79 Å². The normalized spacial score (nSPS) is 10.5. The second-order valence-electron chi connectivity index (χ2n) is 5.66. The number of carbonyl (C=O) groups excluding carboxylic acids is 2. The van der Waals surface area contributed by atoms with Gasteiger partial charge in [0.05, 0.1) is 24.4 Å². The average Bonchev–Trinajstić information content (AvgIpc) is 3.08. The molecule has 3 aromatic rings. The molecular formula is C19H19N3O4S. The maximum absolute atomic E-state index is 12.6. The number of aromatic nitrogens is 1. The highest BCUT2D eigenvalue weighted by Crippen LogP contribution is 2.29. The number of rotatable bonds is 6. The molecule has 1 heterocycles. The van der Waals surface area contributed by atoms with Gasteiger partial charge in [0.2, 0.25) is 5.91 Å². The number of hydrogen-bond donors (Lipinski definition) is 2. The van der Waals surface area contributed by atoms with Crippen LogP contribution in [0.3, 0.4) is 0 Å². The molecule has 0 atom stereocenters. The van der Waals surface area contributed by atoms with Gasteiger partial charge in [-0.25, -0.2) is 4.98 Å². The second kappa shape index (κ2) is 8.05. The maximum Gasteiger partial charge on any atom is 0.255 e. The van der Waals surface area contributed by atoms with E-state index in [0.29, 0.717) is 34.3 Å². The summed E-state index contributed by atoms with van der Waals surface area (Å²) in [5.41, 5.74) is 1.81. The van der Waals surface area contributed by atoms with Crippen LogP contribution in [0.5, 0.6) is 11.5 Å². The highest BCUT2D eigenvalue weighted by atomic mass is 32.1. The van der Waals surface area contributed by atoms with Crippen LogP contribution in [0.25, 0.3) is 10.2 Å². The molecule has 0 unspecified atom stereocenters. The van der Waals surface area contributed by atoms with Crippen molar-refractivity contribution in [2.24, 2.45) is 0 Å². The standard InChI is InChI=1S/C19H19N3O4S/c1-4-17(23)22-19-21-15-6-5-12(9-16(15)27-19)20-18(24)11-7-13(25-2)10-14(8-11)26-3/h5-10H,4H2,1-3H3,(H,20,24)(H,21,22,23). The lowest BCUT2D eigenvalue weighted by Gasteiger charge is -2.09. The third-order valence-corrected chi connectivity index (χ3v) is 4.76. The summed E-state index contributed by atoms with van der Waals surface area (Å²) in [7, 11) is 3.06. The fraction of sp³-hybridized carbons (Fsp3) is 0.211. The van der Waals surface area contributed by atoms with Gasteiger partial charge in [0, 0.05) is 23.7 Å². The summed E-state index contributed by atoms with van der Waals surface area (Å²) in [5.74, 6) is 0.701. The molecule has 7 nitrogen and oxygen atoms in total. The van der Waals surface area contributed by atoms with Crippen molar-refractivity contribution in [2.75, 3.05) is 24.9 Å². The number of methoxy groups -OCH3 is 2. The number of fused-ring (bicyclic) bond motifs is 1. The Balaban J connectivity index is 1.81. The zero-order valence-corrected chi connectivity index (χ0v) is 16.0. The molecule has 2 N–H and O–H groups in total. The molecule has 0 aliphatic carbocycles. The fourth-order valence-electron chi connectivity index (χ4n) is 2.41. The molecule has 0 bridgehead atoms. The Morgan fingerprint density at radius 1 is 1.04 bits per heavy atom. The zero-order valence-electron chi connectivity index (χ0n) is 15.2. The minimum absolute atomic E-state index is 0.0884. The van der Waals surface area contributed by atoms with Crippen molar-refractivity contribution in [2.45, 2.75) is 13.3 Å². The molecule has 140 valence electrons. The zero-order chi connectivity index (χ0) is 19.4. The van der Waals surface area contributed by atoms with Gasteiger partial charge in [-0.3, -0.25) is 9.59 Å². The Kier molecular flexibility index (Phi) is 5.56. The number of anilines is 2. The number of amides is 2. The SMILES string of the molecule is CCC(=O)Nc1nc2ccc(NC(=O)c3cc(OC)cc(OC)c3)cc2s1. The van der Waals surface area contributed by atoms with Crippen LogP contribution in [0, 0.1) is 0 Å². The van der Waals surface area contributed by atoms with Gasteiger partial charge in [0.15, 0.2) is 5.13 Å². The summed E-state index contributed by atoms with van der Waals surface area (Å²) < 4.78 is 11.3. The minimum atomic E-state index is -0.282. The van der Waals surface area contributed by atoms with E-state index in [4.69, 9.17) is 9.47 Å². The average molecular weight is 385 g/mol. The van der Waals surface area contributed by atoms with Gasteiger partial charge in [-0.1, -0.05) is 18.3 Å². The first kappa shape index (κ1) is 18.7. The van der Waals surface area contributed by atoms with Gasteiger partial charge in [-0.05, 0) is 30.3 Å². The van der Waals surface area contributed by atoms with Crippen molar-refractivity contribution in [3.05, 3.63) is 42.0 Å². The van der Waals surface area contributed by atoms with Crippen LogP contribution < -0.4 is 20.1 Å². The van der Waals surface area contributed by atoms with E-state index in [2.05, 4.69) is 15.6 Å². The van der Waals surface area contributed by atoms with Gasteiger partial charge in [0.25, 0.3) is 5.91 Å². The van der Waals surface area contributed by atoms with Crippen LogP contribution in [-0.4, -0.2) is 31.0 Å². The molecule has 3 rings (SSSR count). The minimum Gasteiger partial charge on any atom is -0.497 e. The van der Waals surface area contributed by atoms with Gasteiger partial charge in [-0.15, -0.1) is 0 Å². The van der Waals surface area contributed by atoms with Crippen molar-refractivity contribution in [1.29, 1.82) is 0 Å². The quantitative estimate of drug-likeness (QED) is 0.671. The molecule has 0 aliphatic heterocycles. The van der Waals surface area contributed by atoms with Gasteiger partial charge >= 0.3 is 0 Å². The first-order valence-electron chi connectivity index (χ1n) is 8.27. The lowest BCUT2D eigenvalue weighted by Crippen LogP contribution is -2.12. The van der Waals surface area contributed by atoms with Gasteiger partial charge in [-0.2, -0.15) is 0 Å². The van der Waals surface area contributed by atoms with E-state index >= 15 is 0 Å². The Bertz CT molecular complexity index is 978. The molecule has 0 saturated carbocycles. The van der Waals surface area contributed by atoms with Crippen LogP contribution in [0.2, 0.25) is 0 Å². The summed E-state index contributed by atoms with van der Waals surface area (Å²) in [6.07, 6.45) is 0.390. The Morgan fingerprint density at radius 2 is 1.74 bits per heavy atom. The third-order valence-electron chi connectivity index (χ3n) is 3.83. The van der Waals surface area contributed by atoms with E-state index in [-0.39, 0.29) is 11.8 Å². The first-order valence-corrected chi connectivity index (χ1v) is 9.09. The Hall–Kier alpha value is -3.13. The molecule has 1 aromatic heterocycles. The Morgan fingerprint density at radius 3 is 2.37 bits per heavy atom. The summed E-state index contributed by atoms with van der Waals surface area (Å²) >= 11 is 1.36. The topological polar surface area (TPSA) is 89.6 Å². The number of hydrogen-bond acceptors (Lipinski definition) is 6. The molecule has 0 aliphatic rings. The summed E-state index contributed by atoms with van der Waals surface area (Å²) in [6, 6.07) is 10.4. The van der Waals surface area contributed by atoms with Crippen LogP contribution >= 0.6 is 11.3 Å². The lowest BCUT2D eigenvalue weighted by atomic mass is 10.1. The van der Waals surface area contributed by atoms with Crippen molar-refractivity contribution >= 4 is 44.2 Å². The van der Waals surface area contributed by atoms with Gasteiger partial charge in [0.1, 0.15) is 11.5 Å². The van der Waals surface area contributed by atoms with E-state index in [0.717, 1.165) is 10.2 Å². The van der Waals surface area contributed by atoms with Crippen LogP contribution in [0.1, 0.15) is 23.7 Å². The predicted octanol–water partition coefficient (Wildman–Crippen LogP) is 3.91. The van der Waals surface area contributed by atoms with E-state index < -0.39 is 0 Å². The highest BCUT2D eigenvalue weighted by molar-refractivity contribution is 7.22. The summed E-state index contributed by atoms with van der Waals surface area (Å²) in [5, 5.41) is 6.14. The van der Waals surface area contributed by atoms with Crippen molar-refractivity contribution in [1.82, 2.24) is 4.98 Å². The Labute approximate surface area is 160 Å². The maximum atomic E-state index is 12.6. The molecule has 0 saturated heterocycles.